The molecular weight excluding hydrogens is 364 g/mol. The molecule has 0 bridgehead atoms. The number of ether oxygens (including phenoxy) is 3. The lowest BCUT2D eigenvalue weighted by Gasteiger charge is -2.14. The minimum Gasteiger partial charge on any atom is -0.496 e. The van der Waals surface area contributed by atoms with E-state index in [2.05, 4.69) is 5.32 Å². The maximum absolute atomic E-state index is 12.4. The maximum atomic E-state index is 12.4. The van der Waals surface area contributed by atoms with E-state index in [1.165, 1.54) is 33.5 Å². The maximum Gasteiger partial charge on any atom is 0.283 e. The zero-order chi connectivity index (χ0) is 19.3. The van der Waals surface area contributed by atoms with Crippen LogP contribution in [-0.2, 0) is 6.54 Å². The average Bonchev–Trinajstić information content (AvgIpc) is 2.64. The monoisotopic (exact) mass is 380 g/mol. The van der Waals surface area contributed by atoms with Crippen molar-refractivity contribution in [3.63, 3.8) is 0 Å². The molecule has 0 aliphatic carbocycles. The summed E-state index contributed by atoms with van der Waals surface area (Å²) in [6.45, 7) is 0.0716. The lowest BCUT2D eigenvalue weighted by molar-refractivity contribution is -0.385. The predicted octanol–water partition coefficient (Wildman–Crippen LogP) is 3.20. The van der Waals surface area contributed by atoms with E-state index in [9.17, 15) is 14.9 Å². The Bertz CT molecular complexity index is 840. The summed E-state index contributed by atoms with van der Waals surface area (Å²) >= 11 is 5.76. The summed E-state index contributed by atoms with van der Waals surface area (Å²) in [6.07, 6.45) is 0. The highest BCUT2D eigenvalue weighted by molar-refractivity contribution is 6.31. The molecule has 9 heteroatoms. The lowest BCUT2D eigenvalue weighted by atomic mass is 10.1. The van der Waals surface area contributed by atoms with Gasteiger partial charge < -0.3 is 19.5 Å². The molecule has 0 saturated carbocycles. The van der Waals surface area contributed by atoms with Gasteiger partial charge in [-0.3, -0.25) is 14.9 Å². The number of hydrogen-bond donors (Lipinski definition) is 1. The number of hydrogen-bond acceptors (Lipinski definition) is 6. The minimum absolute atomic E-state index is 0.0716. The molecule has 0 aliphatic heterocycles. The van der Waals surface area contributed by atoms with Crippen molar-refractivity contribution in [3.05, 3.63) is 56.6 Å². The third-order valence-electron chi connectivity index (χ3n) is 3.63. The molecule has 0 fully saturated rings. The van der Waals surface area contributed by atoms with E-state index in [1.807, 2.05) is 0 Å². The molecule has 8 nitrogen and oxygen atoms in total. The fraction of sp³-hybridized carbons (Fsp3) is 0.235. The number of carbonyl (C=O) groups excluding carboxylic acids is 1. The van der Waals surface area contributed by atoms with Crippen molar-refractivity contribution >= 4 is 23.2 Å². The van der Waals surface area contributed by atoms with Crippen LogP contribution in [0.3, 0.4) is 0 Å². The third-order valence-corrected chi connectivity index (χ3v) is 3.86. The van der Waals surface area contributed by atoms with Gasteiger partial charge in [0.25, 0.3) is 11.6 Å². The van der Waals surface area contributed by atoms with Gasteiger partial charge >= 0.3 is 0 Å². The highest BCUT2D eigenvalue weighted by Crippen LogP contribution is 2.34. The van der Waals surface area contributed by atoms with Crippen LogP contribution >= 0.6 is 11.6 Å². The number of nitro benzene ring substituents is 1. The minimum atomic E-state index is -0.655. The van der Waals surface area contributed by atoms with Crippen LogP contribution in [0.4, 0.5) is 5.69 Å². The molecule has 0 aliphatic rings. The van der Waals surface area contributed by atoms with Crippen molar-refractivity contribution in [1.82, 2.24) is 5.32 Å². The van der Waals surface area contributed by atoms with Crippen LogP contribution in [0.15, 0.2) is 30.3 Å². The van der Waals surface area contributed by atoms with Crippen molar-refractivity contribution in [1.29, 1.82) is 0 Å². The quantitative estimate of drug-likeness (QED) is 0.584. The van der Waals surface area contributed by atoms with Crippen LogP contribution < -0.4 is 19.5 Å². The predicted molar refractivity (Wildman–Crippen MR) is 95.4 cm³/mol. The molecule has 0 saturated heterocycles. The van der Waals surface area contributed by atoms with Crippen molar-refractivity contribution in [2.45, 2.75) is 6.54 Å². The molecule has 138 valence electrons. The van der Waals surface area contributed by atoms with Gasteiger partial charge in [0.15, 0.2) is 11.5 Å². The summed E-state index contributed by atoms with van der Waals surface area (Å²) in [7, 11) is 4.47. The van der Waals surface area contributed by atoms with Crippen LogP contribution in [0.2, 0.25) is 5.02 Å². The number of benzene rings is 2. The number of nitrogens with one attached hydrogen (secondary N) is 1. The number of rotatable bonds is 7. The number of carbonyl (C=O) groups is 1. The lowest BCUT2D eigenvalue weighted by Crippen LogP contribution is -2.24. The Morgan fingerprint density at radius 1 is 1.08 bits per heavy atom. The average molecular weight is 381 g/mol. The second-order valence-corrected chi connectivity index (χ2v) is 5.56. The summed E-state index contributed by atoms with van der Waals surface area (Å²) in [5.41, 5.74) is 0.170. The smallest absolute Gasteiger partial charge is 0.283 e. The Morgan fingerprint density at radius 3 is 2.27 bits per heavy atom. The van der Waals surface area contributed by atoms with Gasteiger partial charge in [-0.05, 0) is 18.2 Å². The van der Waals surface area contributed by atoms with E-state index in [1.54, 1.807) is 12.1 Å². The second-order valence-electron chi connectivity index (χ2n) is 5.12. The Kier molecular flexibility index (Phi) is 6.24. The number of methoxy groups -OCH3 is 3. The standard InChI is InChI=1S/C17H17ClN2O6/c1-24-14-8-16(26-3)15(25-2)6-10(14)9-19-17(21)12-5-4-11(18)7-13(12)20(22)23/h4-8H,9H2,1-3H3,(H,19,21). The van der Waals surface area contributed by atoms with Gasteiger partial charge in [0, 0.05) is 29.3 Å². The number of nitrogens with zero attached hydrogens (tertiary/aromatic N) is 1. The van der Waals surface area contributed by atoms with Gasteiger partial charge in [0.05, 0.1) is 26.3 Å². The zero-order valence-corrected chi connectivity index (χ0v) is 15.1. The Hall–Kier alpha value is -3.00. The zero-order valence-electron chi connectivity index (χ0n) is 14.4. The van der Waals surface area contributed by atoms with E-state index in [4.69, 9.17) is 25.8 Å². The van der Waals surface area contributed by atoms with Gasteiger partial charge in [-0.25, -0.2) is 0 Å². The topological polar surface area (TPSA) is 99.9 Å². The Morgan fingerprint density at radius 2 is 1.69 bits per heavy atom. The fourth-order valence-electron chi connectivity index (χ4n) is 2.35. The molecule has 0 atom stereocenters. The first-order valence-corrected chi connectivity index (χ1v) is 7.80. The first-order valence-electron chi connectivity index (χ1n) is 7.42. The SMILES string of the molecule is COc1cc(OC)c(OC)cc1CNC(=O)c1ccc(Cl)cc1[N+](=O)[O-]. The first kappa shape index (κ1) is 19.3. The molecule has 0 unspecified atom stereocenters. The largest absolute Gasteiger partial charge is 0.496 e. The number of amides is 1. The molecule has 0 radical (unpaired) electrons. The van der Waals surface area contributed by atoms with E-state index in [0.717, 1.165) is 6.07 Å². The van der Waals surface area contributed by atoms with Crippen molar-refractivity contribution in [3.8, 4) is 17.2 Å². The number of halogens is 1. The highest BCUT2D eigenvalue weighted by atomic mass is 35.5. The molecule has 1 amide bonds. The molecule has 0 heterocycles. The molecule has 0 spiro atoms. The molecule has 2 rings (SSSR count). The highest BCUT2D eigenvalue weighted by Gasteiger charge is 2.21. The van der Waals surface area contributed by atoms with Crippen LogP contribution in [0.25, 0.3) is 0 Å². The van der Waals surface area contributed by atoms with Crippen molar-refractivity contribution < 1.29 is 23.9 Å². The summed E-state index contributed by atoms with van der Waals surface area (Å²) < 4.78 is 15.7. The molecule has 1 N–H and O–H groups in total. The summed E-state index contributed by atoms with van der Waals surface area (Å²) in [6, 6.07) is 7.15. The van der Waals surface area contributed by atoms with Crippen LogP contribution in [0.5, 0.6) is 17.2 Å². The van der Waals surface area contributed by atoms with E-state index in [0.29, 0.717) is 22.8 Å². The van der Waals surface area contributed by atoms with Gasteiger partial charge in [0.2, 0.25) is 0 Å². The molecular formula is C17H17ClN2O6. The molecule has 26 heavy (non-hydrogen) atoms. The normalized spacial score (nSPS) is 10.2. The van der Waals surface area contributed by atoms with Gasteiger partial charge in [-0.2, -0.15) is 0 Å². The number of nitro groups is 1. The Balaban J connectivity index is 2.26. The Labute approximate surface area is 154 Å². The van der Waals surface area contributed by atoms with Crippen LogP contribution in [0.1, 0.15) is 15.9 Å². The van der Waals surface area contributed by atoms with E-state index < -0.39 is 10.8 Å². The van der Waals surface area contributed by atoms with E-state index >= 15 is 0 Å². The summed E-state index contributed by atoms with van der Waals surface area (Å²) in [5.74, 6) is 0.821. The van der Waals surface area contributed by atoms with Gasteiger partial charge in [-0.1, -0.05) is 11.6 Å². The third kappa shape index (κ3) is 4.15. The summed E-state index contributed by atoms with van der Waals surface area (Å²) in [5, 5.41) is 13.9. The molecule has 2 aromatic rings. The first-order chi connectivity index (χ1) is 12.4. The van der Waals surface area contributed by atoms with Crippen LogP contribution in [0, 0.1) is 10.1 Å². The molecule has 2 aromatic carbocycles. The fourth-order valence-corrected chi connectivity index (χ4v) is 2.52. The second kappa shape index (κ2) is 8.39. The van der Waals surface area contributed by atoms with Gasteiger partial charge in [-0.15, -0.1) is 0 Å². The van der Waals surface area contributed by atoms with Gasteiger partial charge in [0.1, 0.15) is 11.3 Å². The summed E-state index contributed by atoms with van der Waals surface area (Å²) in [4.78, 5) is 22.8. The van der Waals surface area contributed by atoms with Crippen molar-refractivity contribution in [2.75, 3.05) is 21.3 Å². The van der Waals surface area contributed by atoms with Crippen LogP contribution in [-0.4, -0.2) is 32.2 Å². The van der Waals surface area contributed by atoms with Crippen molar-refractivity contribution in [2.24, 2.45) is 0 Å². The van der Waals surface area contributed by atoms with E-state index in [-0.39, 0.29) is 22.8 Å². The molecule has 0 aromatic heterocycles.